The van der Waals surface area contributed by atoms with Gasteiger partial charge in [0.25, 0.3) is 0 Å². The zero-order valence-corrected chi connectivity index (χ0v) is 20.8. The minimum atomic E-state index is -0.692. The third-order valence-corrected chi connectivity index (χ3v) is 12.0. The number of hydrogen-bond acceptors (Lipinski definition) is 5. The lowest BCUT2D eigenvalue weighted by molar-refractivity contribution is -0.171. The number of fused-ring (bicyclic) bond motifs is 4. The molecule has 2 heterocycles. The van der Waals surface area contributed by atoms with Crippen molar-refractivity contribution in [3.63, 3.8) is 0 Å². The molecule has 6 rings (SSSR count). The molecule has 182 valence electrons. The first kappa shape index (κ1) is 22.3. The number of ketones is 1. The van der Waals surface area contributed by atoms with Crippen molar-refractivity contribution in [2.24, 2.45) is 52.3 Å². The van der Waals surface area contributed by atoms with Crippen LogP contribution in [0, 0.1) is 52.3 Å². The molecule has 2 aliphatic heterocycles. The molecule has 1 N–H and O–H groups in total. The van der Waals surface area contributed by atoms with Crippen LogP contribution in [0.25, 0.3) is 0 Å². The van der Waals surface area contributed by atoms with Crippen molar-refractivity contribution in [2.75, 3.05) is 0 Å². The molecule has 0 aromatic rings. The summed E-state index contributed by atoms with van der Waals surface area (Å²) >= 11 is 0. The molecule has 33 heavy (non-hydrogen) atoms. The summed E-state index contributed by atoms with van der Waals surface area (Å²) in [6.07, 6.45) is 9.00. The highest BCUT2D eigenvalue weighted by molar-refractivity contribution is 5.98. The minimum absolute atomic E-state index is 0.00461. The second-order valence-corrected chi connectivity index (χ2v) is 12.9. The summed E-state index contributed by atoms with van der Waals surface area (Å²) in [5.74, 6) is 2.67. The van der Waals surface area contributed by atoms with Gasteiger partial charge in [-0.05, 0) is 98.5 Å². The predicted molar refractivity (Wildman–Crippen MR) is 123 cm³/mol. The standard InChI is InChI=1S/C28H40O5/c1-14-12-21(32-25(31)15(14)2)16(3)18-6-7-19-17-13-24-28(33-24)23(30)9-8-22(29)27(28,5)20(17)10-11-26(18,19)4/h8-9,14-21,23-24,30H,6-7,10-13H2,1-5H3/t14-,15+,16-,17-,18+,19-,20-,21-,23-,24+,26+,27-,28+/m0/s1. The number of carbonyl (C=O) groups excluding carboxylic acids is 2. The van der Waals surface area contributed by atoms with Crippen LogP contribution in [0.15, 0.2) is 12.2 Å². The van der Waals surface area contributed by atoms with Crippen molar-refractivity contribution in [3.05, 3.63) is 12.2 Å². The molecule has 5 heteroatoms. The van der Waals surface area contributed by atoms with E-state index in [2.05, 4.69) is 27.7 Å². The largest absolute Gasteiger partial charge is 0.462 e. The van der Waals surface area contributed by atoms with Crippen molar-refractivity contribution in [1.29, 1.82) is 0 Å². The van der Waals surface area contributed by atoms with E-state index in [4.69, 9.17) is 9.47 Å². The molecule has 0 radical (unpaired) electrons. The summed E-state index contributed by atoms with van der Waals surface area (Å²) in [6, 6.07) is 0. The average molecular weight is 457 g/mol. The fourth-order valence-electron chi connectivity index (χ4n) is 9.78. The van der Waals surface area contributed by atoms with Gasteiger partial charge in [-0.25, -0.2) is 0 Å². The number of cyclic esters (lactones) is 1. The molecule has 2 saturated heterocycles. The highest BCUT2D eigenvalue weighted by atomic mass is 16.6. The number of rotatable bonds is 2. The number of carbonyl (C=O) groups is 2. The molecule has 0 aromatic heterocycles. The Labute approximate surface area is 197 Å². The number of aliphatic hydroxyl groups is 1. The molecule has 3 saturated carbocycles. The van der Waals surface area contributed by atoms with Gasteiger partial charge in [0.15, 0.2) is 5.78 Å². The minimum Gasteiger partial charge on any atom is -0.462 e. The van der Waals surface area contributed by atoms with E-state index in [1.165, 1.54) is 12.8 Å². The lowest BCUT2D eigenvalue weighted by Gasteiger charge is -2.58. The number of ether oxygens (including phenoxy) is 2. The lowest BCUT2D eigenvalue weighted by Crippen LogP contribution is -2.63. The van der Waals surface area contributed by atoms with Crippen LogP contribution in [0.5, 0.6) is 0 Å². The topological polar surface area (TPSA) is 76.1 Å². The SMILES string of the molecule is C[C@H]([C@@H]1C[C@H](C)[C@@H](C)C(=O)O1)[C@H]1CC[C@H]2[C@@H]3C[C@H]4O[C@]45[C@@H](O)C=CC(=O)[C@]5(C)[C@H]3CC[C@]12C. The fraction of sp³-hybridized carbons (Fsp3) is 0.857. The van der Waals surface area contributed by atoms with Gasteiger partial charge in [-0.15, -0.1) is 0 Å². The van der Waals surface area contributed by atoms with Crippen molar-refractivity contribution in [3.8, 4) is 0 Å². The molecule has 5 fully saturated rings. The summed E-state index contributed by atoms with van der Waals surface area (Å²) in [6.45, 7) is 11.1. The van der Waals surface area contributed by atoms with Crippen LogP contribution in [-0.4, -0.2) is 40.8 Å². The summed E-state index contributed by atoms with van der Waals surface area (Å²) in [5.41, 5.74) is -1.11. The second kappa shape index (κ2) is 6.94. The van der Waals surface area contributed by atoms with Crippen molar-refractivity contribution in [2.45, 2.75) is 97.1 Å². The smallest absolute Gasteiger partial charge is 0.309 e. The predicted octanol–water partition coefficient (Wildman–Crippen LogP) is 4.32. The Balaban J connectivity index is 1.27. The van der Waals surface area contributed by atoms with Gasteiger partial charge >= 0.3 is 5.97 Å². The Bertz CT molecular complexity index is 912. The third kappa shape index (κ3) is 2.62. The van der Waals surface area contributed by atoms with Gasteiger partial charge in [0.2, 0.25) is 0 Å². The summed E-state index contributed by atoms with van der Waals surface area (Å²) in [5, 5.41) is 10.8. The first-order valence-corrected chi connectivity index (χ1v) is 13.3. The lowest BCUT2D eigenvalue weighted by atomic mass is 9.44. The van der Waals surface area contributed by atoms with Crippen LogP contribution < -0.4 is 0 Å². The van der Waals surface area contributed by atoms with E-state index in [-0.39, 0.29) is 41.2 Å². The van der Waals surface area contributed by atoms with E-state index in [9.17, 15) is 14.7 Å². The van der Waals surface area contributed by atoms with Crippen LogP contribution in [0.1, 0.15) is 73.1 Å². The molecular formula is C28H40O5. The van der Waals surface area contributed by atoms with Gasteiger partial charge < -0.3 is 14.6 Å². The molecule has 0 unspecified atom stereocenters. The monoisotopic (exact) mass is 456 g/mol. The van der Waals surface area contributed by atoms with Gasteiger partial charge in [-0.2, -0.15) is 0 Å². The van der Waals surface area contributed by atoms with Gasteiger partial charge in [-0.3, -0.25) is 9.59 Å². The van der Waals surface area contributed by atoms with Crippen LogP contribution in [0.2, 0.25) is 0 Å². The molecule has 0 bridgehead atoms. The van der Waals surface area contributed by atoms with Gasteiger partial charge in [0, 0.05) is 0 Å². The van der Waals surface area contributed by atoms with E-state index < -0.39 is 17.1 Å². The summed E-state index contributed by atoms with van der Waals surface area (Å²) in [4.78, 5) is 25.8. The van der Waals surface area contributed by atoms with E-state index >= 15 is 0 Å². The Morgan fingerprint density at radius 2 is 1.85 bits per heavy atom. The molecule has 1 spiro atoms. The maximum absolute atomic E-state index is 13.3. The van der Waals surface area contributed by atoms with Crippen LogP contribution in [-0.2, 0) is 19.1 Å². The Kier molecular flexibility index (Phi) is 4.68. The van der Waals surface area contributed by atoms with Crippen LogP contribution in [0.3, 0.4) is 0 Å². The Morgan fingerprint density at radius 1 is 1.09 bits per heavy atom. The highest BCUT2D eigenvalue weighted by Crippen LogP contribution is 2.73. The zero-order valence-electron chi connectivity index (χ0n) is 20.8. The molecule has 5 nitrogen and oxygen atoms in total. The molecular weight excluding hydrogens is 416 g/mol. The second-order valence-electron chi connectivity index (χ2n) is 12.9. The van der Waals surface area contributed by atoms with Gasteiger partial charge in [0.1, 0.15) is 17.8 Å². The average Bonchev–Trinajstić information content (AvgIpc) is 3.41. The molecule has 6 aliphatic rings. The number of epoxide rings is 1. The number of hydrogen-bond donors (Lipinski definition) is 1. The van der Waals surface area contributed by atoms with E-state index in [0.29, 0.717) is 29.6 Å². The third-order valence-electron chi connectivity index (χ3n) is 12.0. The first-order valence-electron chi connectivity index (χ1n) is 13.3. The van der Waals surface area contributed by atoms with Crippen LogP contribution >= 0.6 is 0 Å². The number of allylic oxidation sites excluding steroid dienone is 1. The zero-order chi connectivity index (χ0) is 23.5. The number of aliphatic hydroxyl groups excluding tert-OH is 1. The van der Waals surface area contributed by atoms with E-state index in [0.717, 1.165) is 25.7 Å². The van der Waals surface area contributed by atoms with Gasteiger partial charge in [-0.1, -0.05) is 27.7 Å². The Hall–Kier alpha value is -1.20. The molecule has 4 aliphatic carbocycles. The van der Waals surface area contributed by atoms with Gasteiger partial charge in [0.05, 0.1) is 17.4 Å². The molecule has 13 atom stereocenters. The summed E-state index contributed by atoms with van der Waals surface area (Å²) in [7, 11) is 0. The molecule has 0 amide bonds. The highest BCUT2D eigenvalue weighted by Gasteiger charge is 2.80. The van der Waals surface area contributed by atoms with Crippen molar-refractivity contribution < 1.29 is 24.2 Å². The maximum atomic E-state index is 13.3. The molecule has 0 aromatic carbocycles. The number of esters is 1. The summed E-state index contributed by atoms with van der Waals surface area (Å²) < 4.78 is 12.2. The van der Waals surface area contributed by atoms with Crippen molar-refractivity contribution >= 4 is 11.8 Å². The Morgan fingerprint density at radius 3 is 2.58 bits per heavy atom. The van der Waals surface area contributed by atoms with Crippen LogP contribution in [0.4, 0.5) is 0 Å². The van der Waals surface area contributed by atoms with E-state index in [1.54, 1.807) is 12.2 Å². The van der Waals surface area contributed by atoms with E-state index in [1.807, 2.05) is 6.92 Å². The van der Waals surface area contributed by atoms with Crippen molar-refractivity contribution in [1.82, 2.24) is 0 Å². The quantitative estimate of drug-likeness (QED) is 0.495. The maximum Gasteiger partial charge on any atom is 0.309 e. The fourth-order valence-corrected chi connectivity index (χ4v) is 9.78. The normalized spacial score (nSPS) is 57.9. The first-order chi connectivity index (χ1) is 15.6.